The molecule has 2 aliphatic rings. The number of carbonyl (C=O) groups is 3. The molecule has 1 fully saturated rings. The van der Waals surface area contributed by atoms with E-state index in [1.807, 2.05) is 93.6 Å². The molecule has 0 unspecified atom stereocenters. The van der Waals surface area contributed by atoms with Gasteiger partial charge in [-0.1, -0.05) is 72.8 Å². The molecule has 1 saturated heterocycles. The van der Waals surface area contributed by atoms with Crippen molar-refractivity contribution in [3.63, 3.8) is 0 Å². The highest BCUT2D eigenvalue weighted by atomic mass is 32.2. The molecule has 3 aromatic carbocycles. The van der Waals surface area contributed by atoms with Crippen molar-refractivity contribution in [2.75, 3.05) is 12.5 Å². The molecular weight excluding hydrogens is 578 g/mol. The lowest BCUT2D eigenvalue weighted by molar-refractivity contribution is -0.148. The van der Waals surface area contributed by atoms with E-state index >= 15 is 0 Å². The van der Waals surface area contributed by atoms with Crippen LogP contribution in [0, 0.1) is 6.92 Å². The topological polar surface area (TPSA) is 128 Å². The minimum atomic E-state index is -1.62. The molecule has 44 heavy (non-hydrogen) atoms. The molecule has 0 radical (unpaired) electrons. The molecule has 5 atom stereocenters. The van der Waals surface area contributed by atoms with Crippen LogP contribution >= 0.6 is 11.8 Å². The van der Waals surface area contributed by atoms with E-state index in [1.54, 1.807) is 6.07 Å². The predicted molar refractivity (Wildman–Crippen MR) is 169 cm³/mol. The molecule has 10 heteroatoms. The van der Waals surface area contributed by atoms with Crippen LogP contribution in [0.25, 0.3) is 0 Å². The normalized spacial score (nSPS) is 21.7. The van der Waals surface area contributed by atoms with Gasteiger partial charge in [0.1, 0.15) is 11.8 Å². The molecule has 1 aliphatic carbocycles. The molecule has 3 amide bonds. The maximum absolute atomic E-state index is 13.9. The zero-order valence-electron chi connectivity index (χ0n) is 25.1. The van der Waals surface area contributed by atoms with Gasteiger partial charge in [-0.05, 0) is 55.5 Å². The third kappa shape index (κ3) is 6.93. The van der Waals surface area contributed by atoms with Crippen LogP contribution in [0.3, 0.4) is 0 Å². The Labute approximate surface area is 262 Å². The summed E-state index contributed by atoms with van der Waals surface area (Å²) in [5.41, 5.74) is 3.53. The molecule has 232 valence electrons. The lowest BCUT2D eigenvalue weighted by Crippen LogP contribution is -2.59. The lowest BCUT2D eigenvalue weighted by Gasteiger charge is -2.34. The predicted octanol–water partition coefficient (Wildman–Crippen LogP) is 2.92. The summed E-state index contributed by atoms with van der Waals surface area (Å²) in [6.07, 6.45) is -1.79. The second-order valence-electron chi connectivity index (χ2n) is 11.9. The highest BCUT2D eigenvalue weighted by molar-refractivity contribution is 8.00. The Balaban J connectivity index is 1.32. The summed E-state index contributed by atoms with van der Waals surface area (Å²) in [6.45, 7) is 5.35. The number of nitrogens with zero attached hydrogens (tertiary/aromatic N) is 1. The van der Waals surface area contributed by atoms with E-state index in [0.717, 1.165) is 22.3 Å². The van der Waals surface area contributed by atoms with Gasteiger partial charge in [0.05, 0.1) is 24.1 Å². The molecule has 3 aromatic rings. The first-order chi connectivity index (χ1) is 21.0. The first-order valence-corrected chi connectivity index (χ1v) is 15.7. The SMILES string of the molecule is Cc1ccccc1OCC(=O)N[C@@H](Cc1ccccc1)[C@H](O)C(=O)N1CSC(C)(C)[C@H]1C(=O)N[C@H]1c2ccccc2C[C@H]1O. The summed E-state index contributed by atoms with van der Waals surface area (Å²) in [5.74, 6) is -0.791. The number of aliphatic hydroxyl groups excluding tert-OH is 2. The number of hydrogen-bond acceptors (Lipinski definition) is 7. The van der Waals surface area contributed by atoms with Crippen LogP contribution < -0.4 is 15.4 Å². The molecule has 5 rings (SSSR count). The maximum Gasteiger partial charge on any atom is 0.258 e. The number of fused-ring (bicyclic) bond motifs is 1. The average Bonchev–Trinajstić information content (AvgIpc) is 3.50. The quantitative estimate of drug-likeness (QED) is 0.276. The Hall–Kier alpha value is -3.86. The van der Waals surface area contributed by atoms with E-state index in [4.69, 9.17) is 4.74 Å². The van der Waals surface area contributed by atoms with Crippen LogP contribution in [-0.2, 0) is 27.2 Å². The van der Waals surface area contributed by atoms with Gasteiger partial charge in [0.15, 0.2) is 12.7 Å². The summed E-state index contributed by atoms with van der Waals surface area (Å²) in [4.78, 5) is 42.1. The number of thioether (sulfide) groups is 1. The van der Waals surface area contributed by atoms with Crippen molar-refractivity contribution >= 4 is 29.5 Å². The zero-order valence-corrected chi connectivity index (χ0v) is 25.9. The molecule has 0 aromatic heterocycles. The summed E-state index contributed by atoms with van der Waals surface area (Å²) < 4.78 is 5.03. The highest BCUT2D eigenvalue weighted by Crippen LogP contribution is 2.41. The first-order valence-electron chi connectivity index (χ1n) is 14.8. The van der Waals surface area contributed by atoms with Crippen molar-refractivity contribution in [1.82, 2.24) is 15.5 Å². The minimum absolute atomic E-state index is 0.188. The van der Waals surface area contributed by atoms with Crippen molar-refractivity contribution in [2.24, 2.45) is 0 Å². The Bertz CT molecular complexity index is 1500. The number of rotatable bonds is 10. The number of nitrogens with one attached hydrogen (secondary N) is 2. The van der Waals surface area contributed by atoms with E-state index in [-0.39, 0.29) is 18.9 Å². The number of ether oxygens (including phenoxy) is 1. The summed E-state index contributed by atoms with van der Waals surface area (Å²) in [7, 11) is 0. The summed E-state index contributed by atoms with van der Waals surface area (Å²) in [6, 6.07) is 21.7. The van der Waals surface area contributed by atoms with Crippen LogP contribution in [-0.4, -0.2) is 74.4 Å². The van der Waals surface area contributed by atoms with E-state index < -0.39 is 52.8 Å². The average molecular weight is 618 g/mol. The smallest absolute Gasteiger partial charge is 0.258 e. The molecule has 0 spiro atoms. The van der Waals surface area contributed by atoms with Gasteiger partial charge in [0.25, 0.3) is 11.8 Å². The van der Waals surface area contributed by atoms with E-state index in [2.05, 4.69) is 10.6 Å². The highest BCUT2D eigenvalue weighted by Gasteiger charge is 2.50. The zero-order chi connectivity index (χ0) is 31.4. The van der Waals surface area contributed by atoms with Crippen molar-refractivity contribution in [1.29, 1.82) is 0 Å². The molecule has 0 bridgehead atoms. The molecular formula is C34H39N3O6S. The number of benzene rings is 3. The van der Waals surface area contributed by atoms with Crippen molar-refractivity contribution in [3.05, 3.63) is 101 Å². The number of amides is 3. The maximum atomic E-state index is 13.9. The van der Waals surface area contributed by atoms with Crippen molar-refractivity contribution < 1.29 is 29.3 Å². The Morgan fingerprint density at radius 3 is 2.45 bits per heavy atom. The van der Waals surface area contributed by atoms with Gasteiger partial charge in [-0.3, -0.25) is 14.4 Å². The van der Waals surface area contributed by atoms with Crippen LogP contribution in [0.1, 0.15) is 42.1 Å². The Kier molecular flexibility index (Phi) is 9.62. The Morgan fingerprint density at radius 1 is 1.02 bits per heavy atom. The van der Waals surface area contributed by atoms with Crippen LogP contribution in [0.2, 0.25) is 0 Å². The first kappa shape index (κ1) is 31.6. The minimum Gasteiger partial charge on any atom is -0.484 e. The fraction of sp³-hybridized carbons (Fsp3) is 0.382. The molecule has 1 heterocycles. The van der Waals surface area contributed by atoms with Gasteiger partial charge >= 0.3 is 0 Å². The number of aliphatic hydroxyl groups is 2. The van der Waals surface area contributed by atoms with Crippen LogP contribution in [0.15, 0.2) is 78.9 Å². The van der Waals surface area contributed by atoms with Gasteiger partial charge < -0.3 is 30.5 Å². The summed E-state index contributed by atoms with van der Waals surface area (Å²) in [5, 5.41) is 28.0. The van der Waals surface area contributed by atoms with Gasteiger partial charge in [-0.2, -0.15) is 0 Å². The van der Waals surface area contributed by atoms with Gasteiger partial charge in [0, 0.05) is 11.2 Å². The molecule has 9 nitrogen and oxygen atoms in total. The largest absolute Gasteiger partial charge is 0.484 e. The van der Waals surface area contributed by atoms with E-state index in [9.17, 15) is 24.6 Å². The fourth-order valence-corrected chi connectivity index (χ4v) is 7.09. The second kappa shape index (κ2) is 13.4. The third-order valence-corrected chi connectivity index (χ3v) is 9.68. The number of hydrogen-bond donors (Lipinski definition) is 4. The number of para-hydroxylation sites is 1. The fourth-order valence-electron chi connectivity index (χ4n) is 5.95. The summed E-state index contributed by atoms with van der Waals surface area (Å²) >= 11 is 1.43. The van der Waals surface area contributed by atoms with Gasteiger partial charge in [-0.25, -0.2) is 0 Å². The van der Waals surface area contributed by atoms with Gasteiger partial charge in [-0.15, -0.1) is 11.8 Å². The molecule has 0 saturated carbocycles. The van der Waals surface area contributed by atoms with Gasteiger partial charge in [0.2, 0.25) is 5.91 Å². The van der Waals surface area contributed by atoms with Crippen LogP contribution in [0.5, 0.6) is 5.75 Å². The standard InChI is InChI=1S/C34H39N3O6S/c1-21-11-7-10-16-27(21)43-19-28(39)35-25(17-22-12-5-4-6-13-22)30(40)33(42)37-20-44-34(2,3)31(37)32(41)36-29-24-15-9-8-14-23(24)18-26(29)38/h4-16,25-26,29-31,38,40H,17-20H2,1-3H3,(H,35,39)(H,36,41)/t25-,26+,29-,30-,31+/m0/s1. The third-order valence-electron chi connectivity index (χ3n) is 8.31. The van der Waals surface area contributed by atoms with Crippen molar-refractivity contribution in [3.8, 4) is 5.75 Å². The van der Waals surface area contributed by atoms with E-state index in [1.165, 1.54) is 16.7 Å². The van der Waals surface area contributed by atoms with Crippen LogP contribution in [0.4, 0.5) is 0 Å². The monoisotopic (exact) mass is 617 g/mol. The Morgan fingerprint density at radius 2 is 1.70 bits per heavy atom. The van der Waals surface area contributed by atoms with Crippen molar-refractivity contribution in [2.45, 2.75) is 68.7 Å². The van der Waals surface area contributed by atoms with E-state index in [0.29, 0.717) is 12.2 Å². The second-order valence-corrected chi connectivity index (χ2v) is 13.5. The number of aryl methyl sites for hydroxylation is 1. The lowest BCUT2D eigenvalue weighted by atomic mass is 9.96. The molecule has 4 N–H and O–H groups in total. The molecule has 1 aliphatic heterocycles. The number of carbonyl (C=O) groups excluding carboxylic acids is 3.